The molecule has 0 aromatic heterocycles. The molecule has 5 saturated carbocycles. The summed E-state index contributed by atoms with van der Waals surface area (Å²) in [6.07, 6.45) is 9.34. The van der Waals surface area contributed by atoms with Gasteiger partial charge in [0, 0.05) is 11.6 Å². The van der Waals surface area contributed by atoms with E-state index < -0.39 is 6.10 Å². The first-order valence-electron chi connectivity index (χ1n) is 10.6. The monoisotopic (exact) mass is 367 g/mol. The molecule has 5 aliphatic carbocycles. The van der Waals surface area contributed by atoms with Gasteiger partial charge in [0.15, 0.2) is 0 Å². The number of nitrogens with one attached hydrogen (secondary N) is 1. The van der Waals surface area contributed by atoms with Crippen molar-refractivity contribution in [3.05, 3.63) is 35.9 Å². The summed E-state index contributed by atoms with van der Waals surface area (Å²) in [6, 6.07) is 9.69. The second-order valence-corrected chi connectivity index (χ2v) is 9.66. The van der Waals surface area contributed by atoms with Crippen LogP contribution in [0.25, 0.3) is 0 Å². The lowest BCUT2D eigenvalue weighted by Gasteiger charge is -2.56. The maximum Gasteiger partial charge on any atom is 0.307 e. The van der Waals surface area contributed by atoms with E-state index in [2.05, 4.69) is 5.32 Å². The van der Waals surface area contributed by atoms with Gasteiger partial charge >= 0.3 is 5.97 Å². The Morgan fingerprint density at radius 3 is 2.15 bits per heavy atom. The van der Waals surface area contributed by atoms with Crippen LogP contribution in [0.3, 0.4) is 0 Å². The van der Waals surface area contributed by atoms with Crippen molar-refractivity contribution in [1.82, 2.24) is 5.32 Å². The number of hydrogen-bond acceptors (Lipinski definition) is 3. The molecule has 1 aromatic rings. The molecular formula is C23H29NO3. The van der Waals surface area contributed by atoms with Crippen molar-refractivity contribution in [3.63, 3.8) is 0 Å². The number of rotatable bonds is 6. The molecule has 1 atom stereocenters. The zero-order chi connectivity index (χ0) is 18.4. The van der Waals surface area contributed by atoms with E-state index in [1.165, 1.54) is 38.5 Å². The highest BCUT2D eigenvalue weighted by Crippen LogP contribution is 2.61. The number of amides is 1. The second kappa shape index (κ2) is 6.65. The van der Waals surface area contributed by atoms with Gasteiger partial charge in [-0.3, -0.25) is 9.59 Å². The number of carbonyl (C=O) groups is 2. The van der Waals surface area contributed by atoms with Crippen LogP contribution in [-0.4, -0.2) is 17.9 Å². The maximum absolute atomic E-state index is 12.9. The van der Waals surface area contributed by atoms with E-state index in [9.17, 15) is 9.59 Å². The molecule has 1 aromatic carbocycles. The molecule has 0 unspecified atom stereocenters. The van der Waals surface area contributed by atoms with Gasteiger partial charge in [-0.2, -0.15) is 0 Å². The molecule has 0 heterocycles. The summed E-state index contributed by atoms with van der Waals surface area (Å²) in [6.45, 7) is 0. The van der Waals surface area contributed by atoms with Crippen molar-refractivity contribution >= 4 is 11.9 Å². The van der Waals surface area contributed by atoms with Gasteiger partial charge in [0.2, 0.25) is 6.10 Å². The number of hydrogen-bond donors (Lipinski definition) is 1. The van der Waals surface area contributed by atoms with E-state index >= 15 is 0 Å². The Bertz CT molecular complexity index is 689. The third kappa shape index (κ3) is 3.63. The smallest absolute Gasteiger partial charge is 0.307 e. The van der Waals surface area contributed by atoms with Gasteiger partial charge in [0.1, 0.15) is 0 Å². The molecule has 144 valence electrons. The Labute approximate surface area is 161 Å². The Balaban J connectivity index is 1.29. The molecule has 6 rings (SSSR count). The zero-order valence-electron chi connectivity index (χ0n) is 15.9. The van der Waals surface area contributed by atoms with Gasteiger partial charge in [-0.15, -0.1) is 0 Å². The van der Waals surface area contributed by atoms with Crippen LogP contribution in [0.2, 0.25) is 0 Å². The summed E-state index contributed by atoms with van der Waals surface area (Å²) in [5.74, 6) is 2.06. The maximum atomic E-state index is 12.9. The first-order valence-corrected chi connectivity index (χ1v) is 10.6. The van der Waals surface area contributed by atoms with Crippen LogP contribution in [0.5, 0.6) is 0 Å². The highest BCUT2D eigenvalue weighted by atomic mass is 16.5. The molecule has 4 bridgehead atoms. The summed E-state index contributed by atoms with van der Waals surface area (Å²) >= 11 is 0. The van der Waals surface area contributed by atoms with Crippen LogP contribution in [-0.2, 0) is 14.3 Å². The molecule has 4 nitrogen and oxygen atoms in total. The topological polar surface area (TPSA) is 55.4 Å². The van der Waals surface area contributed by atoms with Gasteiger partial charge < -0.3 is 10.1 Å². The molecule has 0 radical (unpaired) electrons. The molecule has 5 fully saturated rings. The average Bonchev–Trinajstić information content (AvgIpc) is 3.42. The summed E-state index contributed by atoms with van der Waals surface area (Å²) in [5, 5.41) is 3.00. The Morgan fingerprint density at radius 2 is 1.59 bits per heavy atom. The fourth-order valence-electron chi connectivity index (χ4n) is 6.39. The summed E-state index contributed by atoms with van der Waals surface area (Å²) in [4.78, 5) is 25.6. The second-order valence-electron chi connectivity index (χ2n) is 9.66. The van der Waals surface area contributed by atoms with Crippen LogP contribution in [0.15, 0.2) is 30.3 Å². The lowest BCUT2D eigenvalue weighted by atomic mass is 9.49. The molecule has 0 saturated heterocycles. The quantitative estimate of drug-likeness (QED) is 0.768. The largest absolute Gasteiger partial charge is 0.447 e. The van der Waals surface area contributed by atoms with Gasteiger partial charge in [0.05, 0.1) is 6.42 Å². The van der Waals surface area contributed by atoms with E-state index in [-0.39, 0.29) is 23.3 Å². The van der Waals surface area contributed by atoms with E-state index in [0.29, 0.717) is 6.42 Å². The zero-order valence-corrected chi connectivity index (χ0v) is 15.9. The first kappa shape index (κ1) is 17.3. The van der Waals surface area contributed by atoms with E-state index in [4.69, 9.17) is 4.74 Å². The molecule has 1 amide bonds. The Hall–Kier alpha value is -1.84. The van der Waals surface area contributed by atoms with Crippen LogP contribution < -0.4 is 5.32 Å². The summed E-state index contributed by atoms with van der Waals surface area (Å²) < 4.78 is 5.82. The minimum Gasteiger partial charge on any atom is -0.447 e. The Morgan fingerprint density at radius 1 is 1.00 bits per heavy atom. The number of esters is 1. The number of benzene rings is 1. The van der Waals surface area contributed by atoms with Crippen LogP contribution in [0.1, 0.15) is 69.5 Å². The molecule has 1 N–H and O–H groups in total. The first-order chi connectivity index (χ1) is 13.1. The fraction of sp³-hybridized carbons (Fsp3) is 0.652. The van der Waals surface area contributed by atoms with E-state index in [1.54, 1.807) is 0 Å². The lowest BCUT2D eigenvalue weighted by molar-refractivity contribution is -0.163. The lowest BCUT2D eigenvalue weighted by Crippen LogP contribution is -2.47. The third-order valence-corrected chi connectivity index (χ3v) is 7.20. The van der Waals surface area contributed by atoms with E-state index in [1.807, 2.05) is 30.3 Å². The molecule has 27 heavy (non-hydrogen) atoms. The van der Waals surface area contributed by atoms with Crippen molar-refractivity contribution in [2.45, 2.75) is 69.9 Å². The number of ether oxygens (including phenoxy) is 1. The summed E-state index contributed by atoms with van der Waals surface area (Å²) in [7, 11) is 0. The van der Waals surface area contributed by atoms with Crippen molar-refractivity contribution in [1.29, 1.82) is 0 Å². The van der Waals surface area contributed by atoms with Crippen molar-refractivity contribution < 1.29 is 14.3 Å². The standard InChI is InChI=1S/C23H29NO3/c25-20(14-23-11-15-8-16(12-23)10-17(9-15)13-23)27-21(18-4-2-1-3-5-18)22(26)24-19-6-7-19/h1-5,15-17,19,21H,6-14H2,(H,24,26)/t15?,16?,17?,21-,23?/m1/s1. The van der Waals surface area contributed by atoms with Crippen LogP contribution >= 0.6 is 0 Å². The normalized spacial score (nSPS) is 34.9. The molecule has 5 aliphatic rings. The minimum absolute atomic E-state index is 0.139. The number of carbonyl (C=O) groups excluding carboxylic acids is 2. The summed E-state index contributed by atoms with van der Waals surface area (Å²) in [5.41, 5.74) is 0.898. The van der Waals surface area contributed by atoms with Crippen LogP contribution in [0.4, 0.5) is 0 Å². The van der Waals surface area contributed by atoms with Crippen LogP contribution in [0, 0.1) is 23.2 Å². The van der Waals surface area contributed by atoms with Gasteiger partial charge in [-0.05, 0) is 74.5 Å². The Kier molecular flexibility index (Phi) is 4.25. The predicted molar refractivity (Wildman–Crippen MR) is 102 cm³/mol. The third-order valence-electron chi connectivity index (χ3n) is 7.20. The van der Waals surface area contributed by atoms with Crippen molar-refractivity contribution in [2.75, 3.05) is 0 Å². The van der Waals surface area contributed by atoms with Gasteiger partial charge in [0.25, 0.3) is 5.91 Å². The minimum atomic E-state index is -0.826. The van der Waals surface area contributed by atoms with Gasteiger partial charge in [-0.1, -0.05) is 30.3 Å². The molecular weight excluding hydrogens is 338 g/mol. The van der Waals surface area contributed by atoms with Crippen molar-refractivity contribution in [2.24, 2.45) is 23.2 Å². The fourth-order valence-corrected chi connectivity index (χ4v) is 6.39. The molecule has 0 spiro atoms. The molecule has 4 heteroatoms. The predicted octanol–water partition coefficient (Wildman–Crippen LogP) is 4.16. The van der Waals surface area contributed by atoms with Crippen molar-refractivity contribution in [3.8, 4) is 0 Å². The highest BCUT2D eigenvalue weighted by molar-refractivity contribution is 5.85. The molecule has 0 aliphatic heterocycles. The van der Waals surface area contributed by atoms with E-state index in [0.717, 1.165) is 36.2 Å². The average molecular weight is 367 g/mol. The van der Waals surface area contributed by atoms with Gasteiger partial charge in [-0.25, -0.2) is 0 Å². The highest BCUT2D eigenvalue weighted by Gasteiger charge is 2.52. The SMILES string of the molecule is O=C(CC12CC3CC(CC(C3)C1)C2)O[C@@H](C(=O)NC1CC1)c1ccccc1.